The van der Waals surface area contributed by atoms with E-state index in [0.29, 0.717) is 13.2 Å². The molecule has 0 spiro atoms. The first-order valence-corrected chi connectivity index (χ1v) is 3.87. The summed E-state index contributed by atoms with van der Waals surface area (Å²) in [4.78, 5) is 23.3. The number of fused-ring (bicyclic) bond motifs is 1. The zero-order valence-corrected chi connectivity index (χ0v) is 6.65. The summed E-state index contributed by atoms with van der Waals surface area (Å²) in [5, 5.41) is 0. The van der Waals surface area contributed by atoms with E-state index in [1.54, 1.807) is 6.92 Å². The number of cyclic esters (lactones) is 1. The third-order valence-corrected chi connectivity index (χ3v) is 2.05. The molecule has 2 rings (SSSR count). The summed E-state index contributed by atoms with van der Waals surface area (Å²) in [5.74, 6) is -0.312. The molecule has 2 saturated heterocycles. The van der Waals surface area contributed by atoms with E-state index in [4.69, 9.17) is 4.74 Å². The fourth-order valence-electron chi connectivity index (χ4n) is 1.42. The van der Waals surface area contributed by atoms with Crippen molar-refractivity contribution < 1.29 is 19.1 Å². The van der Waals surface area contributed by atoms with Crippen molar-refractivity contribution in [2.75, 3.05) is 13.2 Å². The van der Waals surface area contributed by atoms with Crippen molar-refractivity contribution >= 4 is 12.1 Å². The van der Waals surface area contributed by atoms with E-state index in [1.807, 2.05) is 0 Å². The first-order chi connectivity index (χ1) is 5.75. The van der Waals surface area contributed by atoms with Crippen molar-refractivity contribution in [1.82, 2.24) is 4.90 Å². The average molecular weight is 171 g/mol. The normalized spacial score (nSPS) is 31.1. The molecule has 0 N–H and O–H groups in total. The smallest absolute Gasteiger partial charge is 0.411 e. The van der Waals surface area contributed by atoms with Gasteiger partial charge in [0.05, 0.1) is 6.61 Å². The summed E-state index contributed by atoms with van der Waals surface area (Å²) in [6, 6.07) is -0.416. The minimum absolute atomic E-state index is 0.0588. The highest BCUT2D eigenvalue weighted by Gasteiger charge is 2.62. The van der Waals surface area contributed by atoms with Crippen molar-refractivity contribution in [2.45, 2.75) is 19.0 Å². The van der Waals surface area contributed by atoms with Gasteiger partial charge in [0.1, 0.15) is 12.6 Å². The monoisotopic (exact) mass is 171 g/mol. The van der Waals surface area contributed by atoms with Crippen LogP contribution in [0.3, 0.4) is 0 Å². The van der Waals surface area contributed by atoms with Gasteiger partial charge in [0.25, 0.3) is 0 Å². The van der Waals surface area contributed by atoms with Crippen molar-refractivity contribution in [2.24, 2.45) is 0 Å². The molecule has 2 heterocycles. The van der Waals surface area contributed by atoms with Crippen LogP contribution < -0.4 is 0 Å². The van der Waals surface area contributed by atoms with Gasteiger partial charge in [-0.05, 0) is 6.92 Å². The number of hydrogen-bond donors (Lipinski definition) is 0. The largest absolute Gasteiger partial charge is 0.462 e. The van der Waals surface area contributed by atoms with Gasteiger partial charge in [0.2, 0.25) is 0 Å². The SMILES string of the molecule is CCOC(=O)N1C2COC(=O)C21. The van der Waals surface area contributed by atoms with Gasteiger partial charge in [0, 0.05) is 0 Å². The van der Waals surface area contributed by atoms with Crippen LogP contribution in [0.25, 0.3) is 0 Å². The highest BCUT2D eigenvalue weighted by Crippen LogP contribution is 2.35. The van der Waals surface area contributed by atoms with Crippen LogP contribution in [-0.4, -0.2) is 42.3 Å². The molecule has 0 radical (unpaired) electrons. The lowest BCUT2D eigenvalue weighted by molar-refractivity contribution is -0.141. The summed E-state index contributed by atoms with van der Waals surface area (Å²) in [6.45, 7) is 2.39. The predicted molar refractivity (Wildman–Crippen MR) is 37.4 cm³/mol. The molecule has 2 aliphatic rings. The Bertz CT molecular complexity index is 240. The van der Waals surface area contributed by atoms with E-state index in [9.17, 15) is 9.59 Å². The minimum Gasteiger partial charge on any atom is -0.462 e. The molecule has 1 amide bonds. The fourth-order valence-corrected chi connectivity index (χ4v) is 1.42. The van der Waals surface area contributed by atoms with Crippen molar-refractivity contribution in [3.8, 4) is 0 Å². The first-order valence-electron chi connectivity index (χ1n) is 3.87. The molecule has 2 unspecified atom stereocenters. The van der Waals surface area contributed by atoms with E-state index < -0.39 is 6.09 Å². The van der Waals surface area contributed by atoms with Crippen LogP contribution >= 0.6 is 0 Å². The number of esters is 1. The van der Waals surface area contributed by atoms with E-state index in [-0.39, 0.29) is 18.1 Å². The quantitative estimate of drug-likeness (QED) is 0.403. The predicted octanol–water partition coefficient (Wildman–Crippen LogP) is -0.248. The van der Waals surface area contributed by atoms with Crippen LogP contribution in [0.15, 0.2) is 0 Å². The fraction of sp³-hybridized carbons (Fsp3) is 0.714. The zero-order valence-electron chi connectivity index (χ0n) is 6.65. The van der Waals surface area contributed by atoms with Gasteiger partial charge in [0.15, 0.2) is 6.04 Å². The number of carbonyl (C=O) groups excluding carboxylic acids is 2. The number of rotatable bonds is 1. The number of morpholine rings is 1. The number of ether oxygens (including phenoxy) is 2. The maximum Gasteiger partial charge on any atom is 0.411 e. The highest BCUT2D eigenvalue weighted by atomic mass is 16.6. The minimum atomic E-state index is -0.413. The lowest BCUT2D eigenvalue weighted by atomic mass is 10.4. The number of amides is 1. The standard InChI is InChI=1S/C7H9NO4/c1-2-11-7(10)8-4-3-12-6(9)5(4)8/h4-5H,2-3H2,1H3. The van der Waals surface area contributed by atoms with Gasteiger partial charge in [-0.3, -0.25) is 4.90 Å². The van der Waals surface area contributed by atoms with Crippen LogP contribution in [0.1, 0.15) is 6.92 Å². The van der Waals surface area contributed by atoms with Gasteiger partial charge in [-0.1, -0.05) is 0 Å². The third kappa shape index (κ3) is 0.855. The summed E-state index contributed by atoms with van der Waals surface area (Å²) >= 11 is 0. The second-order valence-corrected chi connectivity index (χ2v) is 2.75. The summed E-state index contributed by atoms with van der Waals surface area (Å²) in [5.41, 5.74) is 0. The van der Waals surface area contributed by atoms with Gasteiger partial charge >= 0.3 is 12.1 Å². The maximum absolute atomic E-state index is 11.1. The molecular weight excluding hydrogens is 162 g/mol. The van der Waals surface area contributed by atoms with Gasteiger partial charge in [-0.15, -0.1) is 0 Å². The summed E-state index contributed by atoms with van der Waals surface area (Å²) in [6.07, 6.45) is -0.413. The lowest BCUT2D eigenvalue weighted by Gasteiger charge is -2.06. The van der Waals surface area contributed by atoms with Crippen molar-refractivity contribution in [3.05, 3.63) is 0 Å². The van der Waals surface area contributed by atoms with Gasteiger partial charge < -0.3 is 9.47 Å². The van der Waals surface area contributed by atoms with Crippen LogP contribution in [0.4, 0.5) is 4.79 Å². The van der Waals surface area contributed by atoms with Gasteiger partial charge in [-0.2, -0.15) is 0 Å². The van der Waals surface area contributed by atoms with E-state index in [0.717, 1.165) is 0 Å². The van der Waals surface area contributed by atoms with Crippen LogP contribution in [0.2, 0.25) is 0 Å². The first kappa shape index (κ1) is 7.39. The van der Waals surface area contributed by atoms with Gasteiger partial charge in [-0.25, -0.2) is 9.59 Å². The van der Waals surface area contributed by atoms with Crippen LogP contribution in [0, 0.1) is 0 Å². The lowest BCUT2D eigenvalue weighted by Crippen LogP contribution is -2.23. The van der Waals surface area contributed by atoms with Crippen molar-refractivity contribution in [1.29, 1.82) is 0 Å². The van der Waals surface area contributed by atoms with Crippen molar-refractivity contribution in [3.63, 3.8) is 0 Å². The number of hydrogen-bond acceptors (Lipinski definition) is 4. The molecule has 0 bridgehead atoms. The molecule has 5 nitrogen and oxygen atoms in total. The second kappa shape index (κ2) is 2.36. The molecule has 2 fully saturated rings. The Hall–Kier alpha value is -1.26. The number of carbonyl (C=O) groups is 2. The average Bonchev–Trinajstić information content (AvgIpc) is 2.65. The third-order valence-electron chi connectivity index (χ3n) is 2.05. The molecule has 66 valence electrons. The molecule has 0 aromatic rings. The molecule has 0 aromatic heterocycles. The Morgan fingerprint density at radius 2 is 2.58 bits per heavy atom. The molecule has 5 heteroatoms. The Morgan fingerprint density at radius 1 is 1.83 bits per heavy atom. The molecular formula is C7H9NO4. The van der Waals surface area contributed by atoms with E-state index in [2.05, 4.69) is 4.74 Å². The second-order valence-electron chi connectivity index (χ2n) is 2.75. The Morgan fingerprint density at radius 3 is 3.08 bits per heavy atom. The molecule has 12 heavy (non-hydrogen) atoms. The molecule has 2 aliphatic heterocycles. The van der Waals surface area contributed by atoms with E-state index >= 15 is 0 Å². The molecule has 0 aliphatic carbocycles. The molecule has 0 aromatic carbocycles. The van der Waals surface area contributed by atoms with Crippen LogP contribution in [0.5, 0.6) is 0 Å². The Balaban J connectivity index is 1.94. The van der Waals surface area contributed by atoms with Crippen LogP contribution in [-0.2, 0) is 14.3 Å². The summed E-state index contributed by atoms with van der Waals surface area (Å²) in [7, 11) is 0. The maximum atomic E-state index is 11.1. The number of nitrogens with zero attached hydrogens (tertiary/aromatic N) is 1. The zero-order chi connectivity index (χ0) is 8.72. The topological polar surface area (TPSA) is 55.6 Å². The molecule has 2 atom stereocenters. The molecule has 0 saturated carbocycles. The van der Waals surface area contributed by atoms with E-state index in [1.165, 1.54) is 4.90 Å². The summed E-state index contributed by atoms with van der Waals surface area (Å²) < 4.78 is 9.41. The Kier molecular flexibility index (Phi) is 1.46. The highest BCUT2D eigenvalue weighted by molar-refractivity contribution is 5.90. The Labute approximate surface area is 69.2 Å².